The summed E-state index contributed by atoms with van der Waals surface area (Å²) in [6.07, 6.45) is 3.88. The van der Waals surface area contributed by atoms with Crippen LogP contribution in [-0.2, 0) is 18.3 Å². The average molecular weight is 388 g/mol. The van der Waals surface area contributed by atoms with Crippen molar-refractivity contribution in [2.24, 2.45) is 7.05 Å². The second-order valence-electron chi connectivity index (χ2n) is 7.20. The van der Waals surface area contributed by atoms with Crippen molar-refractivity contribution in [2.75, 3.05) is 5.32 Å². The number of carbonyl (C=O) groups excluding carboxylic acids is 1. The van der Waals surface area contributed by atoms with Crippen LogP contribution in [0.4, 0.5) is 5.69 Å². The minimum atomic E-state index is -0.221. The van der Waals surface area contributed by atoms with E-state index in [2.05, 4.69) is 16.4 Å². The number of H-pyrrole nitrogens is 1. The fourth-order valence-electron chi connectivity index (χ4n) is 3.69. The van der Waals surface area contributed by atoms with Crippen molar-refractivity contribution in [3.8, 4) is 5.69 Å². The number of aryl methyl sites for hydroxylation is 1. The van der Waals surface area contributed by atoms with Crippen LogP contribution in [0.3, 0.4) is 0 Å². The molecule has 29 heavy (non-hydrogen) atoms. The lowest BCUT2D eigenvalue weighted by Gasteiger charge is -2.07. The highest BCUT2D eigenvalue weighted by Crippen LogP contribution is 2.20. The number of fused-ring (bicyclic) bond motifs is 1. The minimum absolute atomic E-state index is 0.143. The van der Waals surface area contributed by atoms with Gasteiger partial charge in [-0.15, -0.1) is 0 Å². The number of aromatic nitrogens is 3. The summed E-state index contributed by atoms with van der Waals surface area (Å²) < 4.78 is 3.33. The van der Waals surface area contributed by atoms with Crippen LogP contribution < -0.4 is 10.9 Å². The zero-order valence-electron chi connectivity index (χ0n) is 16.6. The summed E-state index contributed by atoms with van der Waals surface area (Å²) in [6.45, 7) is 1.84. The molecule has 1 amide bonds. The molecule has 2 aromatic carbocycles. The Hall–Kier alpha value is -3.54. The van der Waals surface area contributed by atoms with Gasteiger partial charge in [-0.3, -0.25) is 14.3 Å². The fourth-order valence-corrected chi connectivity index (χ4v) is 3.69. The van der Waals surface area contributed by atoms with Gasteiger partial charge in [0.2, 0.25) is 5.91 Å². The van der Waals surface area contributed by atoms with Crippen LogP contribution in [0.15, 0.2) is 65.6 Å². The van der Waals surface area contributed by atoms with E-state index in [1.165, 1.54) is 10.9 Å². The zero-order chi connectivity index (χ0) is 20.4. The largest absolute Gasteiger partial charge is 0.361 e. The molecule has 0 saturated heterocycles. The molecule has 2 N–H and O–H groups in total. The maximum Gasteiger partial charge on any atom is 0.295 e. The number of hydrogen-bond donors (Lipinski definition) is 2. The summed E-state index contributed by atoms with van der Waals surface area (Å²) in [5.41, 5.74) is 3.92. The first-order valence-electron chi connectivity index (χ1n) is 9.75. The van der Waals surface area contributed by atoms with E-state index in [0.29, 0.717) is 18.5 Å². The molecule has 6 heteroatoms. The van der Waals surface area contributed by atoms with E-state index in [1.807, 2.05) is 68.7 Å². The van der Waals surface area contributed by atoms with Crippen molar-refractivity contribution in [3.05, 3.63) is 82.4 Å². The Labute approximate surface area is 168 Å². The molecule has 0 spiro atoms. The number of hydrogen-bond acceptors (Lipinski definition) is 2. The van der Waals surface area contributed by atoms with Crippen molar-refractivity contribution in [1.82, 2.24) is 14.3 Å². The number of nitrogens with zero attached hydrogens (tertiary/aromatic N) is 2. The van der Waals surface area contributed by atoms with Gasteiger partial charge in [0.05, 0.1) is 11.4 Å². The Bertz CT molecular complexity index is 1210. The number of amides is 1. The number of rotatable bonds is 6. The number of nitrogens with one attached hydrogen (secondary N) is 2. The highest BCUT2D eigenvalue weighted by atomic mass is 16.2. The van der Waals surface area contributed by atoms with Gasteiger partial charge in [0.25, 0.3) is 5.56 Å². The first-order valence-corrected chi connectivity index (χ1v) is 9.75. The highest BCUT2D eigenvalue weighted by Gasteiger charge is 2.18. The van der Waals surface area contributed by atoms with Gasteiger partial charge in [0.15, 0.2) is 0 Å². The predicted molar refractivity (Wildman–Crippen MR) is 116 cm³/mol. The lowest BCUT2D eigenvalue weighted by Crippen LogP contribution is -2.22. The summed E-state index contributed by atoms with van der Waals surface area (Å²) in [7, 11) is 1.82. The van der Waals surface area contributed by atoms with E-state index in [-0.39, 0.29) is 11.5 Å². The molecule has 0 bridgehead atoms. The van der Waals surface area contributed by atoms with Crippen molar-refractivity contribution < 1.29 is 4.79 Å². The third-order valence-electron chi connectivity index (χ3n) is 5.34. The van der Waals surface area contributed by atoms with Gasteiger partial charge in [0.1, 0.15) is 5.69 Å². The maximum absolute atomic E-state index is 12.9. The molecule has 0 aliphatic rings. The number of anilines is 1. The van der Waals surface area contributed by atoms with Gasteiger partial charge in [-0.1, -0.05) is 36.4 Å². The number of carbonyl (C=O) groups is 1. The number of benzene rings is 2. The Balaban J connectivity index is 1.44. The quantitative estimate of drug-likeness (QED) is 0.525. The summed E-state index contributed by atoms with van der Waals surface area (Å²) in [4.78, 5) is 28.6. The molecule has 148 valence electrons. The van der Waals surface area contributed by atoms with Crippen molar-refractivity contribution >= 4 is 22.5 Å². The number of aromatic amines is 1. The molecule has 0 fully saturated rings. The third kappa shape index (κ3) is 3.61. The smallest absolute Gasteiger partial charge is 0.295 e. The summed E-state index contributed by atoms with van der Waals surface area (Å²) >= 11 is 0. The SMILES string of the molecule is Cc1c(NC(=O)CCCc2c[nH]c3ccccc23)c(=O)n(-c2ccccc2)n1C. The topological polar surface area (TPSA) is 71.8 Å². The molecular weight excluding hydrogens is 364 g/mol. The van der Waals surface area contributed by atoms with Crippen LogP contribution >= 0.6 is 0 Å². The monoisotopic (exact) mass is 388 g/mol. The van der Waals surface area contributed by atoms with Crippen LogP contribution in [0.5, 0.6) is 0 Å². The van der Waals surface area contributed by atoms with Crippen molar-refractivity contribution in [3.63, 3.8) is 0 Å². The molecule has 2 aromatic heterocycles. The van der Waals surface area contributed by atoms with E-state index < -0.39 is 0 Å². The lowest BCUT2D eigenvalue weighted by molar-refractivity contribution is -0.116. The van der Waals surface area contributed by atoms with Crippen molar-refractivity contribution in [2.45, 2.75) is 26.2 Å². The molecule has 2 heterocycles. The highest BCUT2D eigenvalue weighted by molar-refractivity contribution is 5.91. The van der Waals surface area contributed by atoms with Gasteiger partial charge in [0, 0.05) is 30.6 Å². The van der Waals surface area contributed by atoms with E-state index in [4.69, 9.17) is 0 Å². The molecule has 4 rings (SSSR count). The average Bonchev–Trinajstić information content (AvgIpc) is 3.23. The third-order valence-corrected chi connectivity index (χ3v) is 5.34. The maximum atomic E-state index is 12.9. The van der Waals surface area contributed by atoms with Crippen LogP contribution in [0, 0.1) is 6.92 Å². The van der Waals surface area contributed by atoms with Gasteiger partial charge in [-0.05, 0) is 43.5 Å². The van der Waals surface area contributed by atoms with E-state index >= 15 is 0 Å². The Morgan fingerprint density at radius 1 is 1.07 bits per heavy atom. The van der Waals surface area contributed by atoms with Crippen molar-refractivity contribution in [1.29, 1.82) is 0 Å². The molecular formula is C23H24N4O2. The molecule has 4 aromatic rings. The lowest BCUT2D eigenvalue weighted by atomic mass is 10.1. The predicted octanol–water partition coefficient (Wildman–Crippen LogP) is 3.93. The minimum Gasteiger partial charge on any atom is -0.361 e. The van der Waals surface area contributed by atoms with Crippen LogP contribution in [0.25, 0.3) is 16.6 Å². The zero-order valence-corrected chi connectivity index (χ0v) is 16.6. The molecule has 0 radical (unpaired) electrons. The standard InChI is InChI=1S/C23H24N4O2/c1-16-22(23(29)27(26(16)2)18-10-4-3-5-11-18)25-21(28)14-8-9-17-15-24-20-13-7-6-12-19(17)20/h3-7,10-13,15,24H,8-9,14H2,1-2H3,(H,25,28). The van der Waals surface area contributed by atoms with Gasteiger partial charge < -0.3 is 10.3 Å². The van der Waals surface area contributed by atoms with E-state index in [0.717, 1.165) is 23.3 Å². The second kappa shape index (κ2) is 7.83. The fraction of sp³-hybridized carbons (Fsp3) is 0.217. The molecule has 0 aliphatic heterocycles. The molecule has 0 unspecified atom stereocenters. The van der Waals surface area contributed by atoms with E-state index in [1.54, 1.807) is 9.36 Å². The normalized spacial score (nSPS) is 11.1. The summed E-state index contributed by atoms with van der Waals surface area (Å²) in [6, 6.07) is 17.5. The van der Waals surface area contributed by atoms with Gasteiger partial charge in [-0.25, -0.2) is 4.68 Å². The van der Waals surface area contributed by atoms with Crippen LogP contribution in [-0.4, -0.2) is 20.3 Å². The molecule has 6 nitrogen and oxygen atoms in total. The molecule has 0 saturated carbocycles. The van der Waals surface area contributed by atoms with Gasteiger partial charge in [-0.2, -0.15) is 0 Å². The van der Waals surface area contributed by atoms with E-state index in [9.17, 15) is 9.59 Å². The first kappa shape index (κ1) is 18.8. The summed E-state index contributed by atoms with van der Waals surface area (Å²) in [5, 5.41) is 4.02. The number of para-hydroxylation sites is 2. The Morgan fingerprint density at radius 2 is 1.79 bits per heavy atom. The Kier molecular flexibility index (Phi) is 5.08. The molecule has 0 aliphatic carbocycles. The Morgan fingerprint density at radius 3 is 2.59 bits per heavy atom. The second-order valence-corrected chi connectivity index (χ2v) is 7.20. The van der Waals surface area contributed by atoms with Crippen LogP contribution in [0.1, 0.15) is 24.1 Å². The molecule has 0 atom stereocenters. The van der Waals surface area contributed by atoms with Gasteiger partial charge >= 0.3 is 0 Å². The van der Waals surface area contributed by atoms with Crippen LogP contribution in [0.2, 0.25) is 0 Å². The first-order chi connectivity index (χ1) is 14.1. The summed E-state index contributed by atoms with van der Waals surface area (Å²) in [5.74, 6) is -0.143.